The van der Waals surface area contributed by atoms with Crippen LogP contribution < -0.4 is 4.90 Å². The van der Waals surface area contributed by atoms with Gasteiger partial charge in [-0.05, 0) is 17.7 Å². The Kier molecular flexibility index (Phi) is 3.90. The number of carbonyl (C=O) groups is 2. The van der Waals surface area contributed by atoms with E-state index < -0.39 is 10.8 Å². The van der Waals surface area contributed by atoms with Crippen LogP contribution >= 0.6 is 11.6 Å². The van der Waals surface area contributed by atoms with Gasteiger partial charge in [0.25, 0.3) is 0 Å². The lowest BCUT2D eigenvalue weighted by Crippen LogP contribution is -2.45. The van der Waals surface area contributed by atoms with Gasteiger partial charge in [-0.25, -0.2) is 0 Å². The molecule has 27 heavy (non-hydrogen) atoms. The van der Waals surface area contributed by atoms with Crippen LogP contribution in [0.3, 0.4) is 0 Å². The lowest BCUT2D eigenvalue weighted by molar-refractivity contribution is -0.144. The van der Waals surface area contributed by atoms with E-state index in [1.54, 1.807) is 4.90 Å². The molecule has 1 amide bonds. The Bertz CT molecular complexity index is 934. The highest BCUT2D eigenvalue weighted by molar-refractivity contribution is 6.32. The standard InChI is InChI=1S/C22H22ClNO3/c1-21(2,3)19(25)24-15-12-8-11-14(23)16(15)17-18(24)22(17,20(26)27-4)13-9-6-5-7-10-13/h5-12,17-18H,1-4H3/t17-,18+,22+/m1/s1. The molecule has 1 aliphatic heterocycles. The fraction of sp³-hybridized carbons (Fsp3) is 0.364. The summed E-state index contributed by atoms with van der Waals surface area (Å²) in [4.78, 5) is 28.2. The van der Waals surface area contributed by atoms with E-state index in [1.807, 2.05) is 69.3 Å². The monoisotopic (exact) mass is 383 g/mol. The van der Waals surface area contributed by atoms with Crippen molar-refractivity contribution in [3.8, 4) is 0 Å². The molecule has 0 N–H and O–H groups in total. The van der Waals surface area contributed by atoms with Crippen molar-refractivity contribution < 1.29 is 14.3 Å². The number of halogens is 1. The highest BCUT2D eigenvalue weighted by Gasteiger charge is 2.79. The molecule has 4 rings (SSSR count). The minimum atomic E-state index is -0.922. The Balaban J connectivity index is 1.96. The summed E-state index contributed by atoms with van der Waals surface area (Å²) in [5.74, 6) is -0.566. The second-order valence-electron chi connectivity index (χ2n) is 8.25. The maximum Gasteiger partial charge on any atom is 0.319 e. The normalized spacial score (nSPS) is 25.6. The van der Waals surface area contributed by atoms with Crippen molar-refractivity contribution in [2.24, 2.45) is 5.41 Å². The Morgan fingerprint density at radius 2 is 1.74 bits per heavy atom. The molecule has 1 saturated carbocycles. The van der Waals surface area contributed by atoms with Gasteiger partial charge in [-0.1, -0.05) is 68.8 Å². The predicted molar refractivity (Wildman–Crippen MR) is 105 cm³/mol. The lowest BCUT2D eigenvalue weighted by Gasteiger charge is -2.32. The van der Waals surface area contributed by atoms with E-state index in [-0.39, 0.29) is 23.8 Å². The van der Waals surface area contributed by atoms with Crippen molar-refractivity contribution in [2.75, 3.05) is 12.0 Å². The summed E-state index contributed by atoms with van der Waals surface area (Å²) >= 11 is 6.55. The van der Waals surface area contributed by atoms with E-state index in [2.05, 4.69) is 0 Å². The quantitative estimate of drug-likeness (QED) is 0.726. The SMILES string of the molecule is COC(=O)[C@@]1(c2ccccc2)[C@@H]2c3c(Cl)cccc3N(C(=O)C(C)(C)C)[C@@H]21. The maximum atomic E-state index is 13.3. The van der Waals surface area contributed by atoms with Crippen LogP contribution in [-0.2, 0) is 19.7 Å². The number of anilines is 1. The second-order valence-corrected chi connectivity index (χ2v) is 8.65. The number of hydrogen-bond acceptors (Lipinski definition) is 3. The molecule has 4 nitrogen and oxygen atoms in total. The van der Waals surface area contributed by atoms with Crippen molar-refractivity contribution in [1.82, 2.24) is 0 Å². The van der Waals surface area contributed by atoms with Gasteiger partial charge in [0.05, 0.1) is 13.2 Å². The zero-order chi connectivity index (χ0) is 19.6. The summed E-state index contributed by atoms with van der Waals surface area (Å²) in [6.07, 6.45) is 0. The van der Waals surface area contributed by atoms with E-state index >= 15 is 0 Å². The van der Waals surface area contributed by atoms with Crippen LogP contribution in [0.1, 0.15) is 37.8 Å². The first-order valence-corrected chi connectivity index (χ1v) is 9.40. The third-order valence-corrected chi connectivity index (χ3v) is 6.01. The third kappa shape index (κ3) is 2.29. The van der Waals surface area contributed by atoms with Crippen LogP contribution in [0.25, 0.3) is 0 Å². The molecule has 140 valence electrons. The summed E-state index contributed by atoms with van der Waals surface area (Å²) in [5.41, 5.74) is 0.998. The number of nitrogens with zero attached hydrogens (tertiary/aromatic N) is 1. The number of ether oxygens (including phenoxy) is 1. The van der Waals surface area contributed by atoms with E-state index in [4.69, 9.17) is 16.3 Å². The number of benzene rings is 2. The molecule has 2 aliphatic rings. The van der Waals surface area contributed by atoms with E-state index in [1.165, 1.54) is 7.11 Å². The molecule has 1 fully saturated rings. The topological polar surface area (TPSA) is 46.6 Å². The maximum absolute atomic E-state index is 13.3. The third-order valence-electron chi connectivity index (χ3n) is 5.68. The van der Waals surface area contributed by atoms with Gasteiger partial charge in [0.2, 0.25) is 5.91 Å². The summed E-state index contributed by atoms with van der Waals surface area (Å²) in [7, 11) is 1.39. The van der Waals surface area contributed by atoms with Crippen molar-refractivity contribution in [2.45, 2.75) is 38.1 Å². The van der Waals surface area contributed by atoms with Gasteiger partial charge in [-0.3, -0.25) is 9.59 Å². The molecule has 0 unspecified atom stereocenters. The van der Waals surface area contributed by atoms with Crippen LogP contribution in [0.2, 0.25) is 5.02 Å². The van der Waals surface area contributed by atoms with Crippen LogP contribution in [0.5, 0.6) is 0 Å². The van der Waals surface area contributed by atoms with Crippen LogP contribution in [0.15, 0.2) is 48.5 Å². The van der Waals surface area contributed by atoms with Gasteiger partial charge in [-0.2, -0.15) is 0 Å². The number of carbonyl (C=O) groups excluding carboxylic acids is 2. The van der Waals surface area contributed by atoms with Gasteiger partial charge in [0, 0.05) is 27.6 Å². The molecule has 0 bridgehead atoms. The average Bonchev–Trinajstić information content (AvgIpc) is 3.18. The first kappa shape index (κ1) is 18.1. The van der Waals surface area contributed by atoms with Gasteiger partial charge < -0.3 is 9.64 Å². The molecule has 0 radical (unpaired) electrons. The van der Waals surface area contributed by atoms with Gasteiger partial charge in [0.1, 0.15) is 5.41 Å². The summed E-state index contributed by atoms with van der Waals surface area (Å²) in [6, 6.07) is 14.8. The minimum absolute atomic E-state index is 0.0276. The smallest absolute Gasteiger partial charge is 0.319 e. The van der Waals surface area contributed by atoms with Crippen LogP contribution in [0.4, 0.5) is 5.69 Å². The fourth-order valence-corrected chi connectivity index (χ4v) is 4.78. The first-order chi connectivity index (χ1) is 12.8. The minimum Gasteiger partial charge on any atom is -0.468 e. The predicted octanol–water partition coefficient (Wildman–Crippen LogP) is 4.31. The molecule has 0 spiro atoms. The molecule has 1 aliphatic carbocycles. The molecule has 2 aromatic rings. The highest BCUT2D eigenvalue weighted by atomic mass is 35.5. The molecule has 0 saturated heterocycles. The van der Waals surface area contributed by atoms with Crippen LogP contribution in [-0.4, -0.2) is 25.0 Å². The summed E-state index contributed by atoms with van der Waals surface area (Å²) in [5, 5.41) is 0.577. The Morgan fingerprint density at radius 3 is 2.33 bits per heavy atom. The van der Waals surface area contributed by atoms with Crippen molar-refractivity contribution in [3.63, 3.8) is 0 Å². The van der Waals surface area contributed by atoms with E-state index in [0.717, 1.165) is 16.8 Å². The zero-order valence-corrected chi connectivity index (χ0v) is 16.6. The molecule has 1 heterocycles. The number of esters is 1. The number of hydrogen-bond donors (Lipinski definition) is 0. The van der Waals surface area contributed by atoms with Crippen LogP contribution in [0, 0.1) is 5.41 Å². The second kappa shape index (κ2) is 5.83. The lowest BCUT2D eigenvalue weighted by atomic mass is 9.87. The number of fused-ring (bicyclic) bond motifs is 3. The van der Waals surface area contributed by atoms with E-state index in [0.29, 0.717) is 5.02 Å². The molecular formula is C22H22ClNO3. The summed E-state index contributed by atoms with van der Waals surface area (Å²) in [6.45, 7) is 5.66. The summed E-state index contributed by atoms with van der Waals surface area (Å²) < 4.78 is 5.22. The molecular weight excluding hydrogens is 362 g/mol. The Hall–Kier alpha value is -2.33. The molecule has 3 atom stereocenters. The Labute approximate surface area is 164 Å². The Morgan fingerprint density at radius 1 is 1.07 bits per heavy atom. The van der Waals surface area contributed by atoms with Gasteiger partial charge >= 0.3 is 5.97 Å². The molecule has 2 aromatic carbocycles. The van der Waals surface area contributed by atoms with Gasteiger partial charge in [0.15, 0.2) is 0 Å². The number of methoxy groups -OCH3 is 1. The molecule has 5 heteroatoms. The first-order valence-electron chi connectivity index (χ1n) is 9.02. The zero-order valence-electron chi connectivity index (χ0n) is 15.8. The largest absolute Gasteiger partial charge is 0.468 e. The number of rotatable bonds is 2. The van der Waals surface area contributed by atoms with Crippen molar-refractivity contribution in [1.29, 1.82) is 0 Å². The average molecular weight is 384 g/mol. The fourth-order valence-electron chi connectivity index (χ4n) is 4.50. The number of amides is 1. The van der Waals surface area contributed by atoms with Crippen molar-refractivity contribution >= 4 is 29.2 Å². The highest BCUT2D eigenvalue weighted by Crippen LogP contribution is 2.71. The van der Waals surface area contributed by atoms with Crippen molar-refractivity contribution in [3.05, 3.63) is 64.7 Å². The molecule has 0 aromatic heterocycles. The van der Waals surface area contributed by atoms with Gasteiger partial charge in [-0.15, -0.1) is 0 Å². The van der Waals surface area contributed by atoms with E-state index in [9.17, 15) is 9.59 Å².